The highest BCUT2D eigenvalue weighted by Crippen LogP contribution is 2.26. The smallest absolute Gasteiger partial charge is 0.0330 e. The molecule has 3 heteroatoms. The summed E-state index contributed by atoms with van der Waals surface area (Å²) >= 11 is 1.80. The molecule has 2 heterocycles. The molecule has 2 nitrogen and oxygen atoms in total. The van der Waals surface area contributed by atoms with E-state index in [0.29, 0.717) is 12.1 Å². The van der Waals surface area contributed by atoms with Crippen molar-refractivity contribution in [1.82, 2.24) is 10.2 Å². The van der Waals surface area contributed by atoms with Gasteiger partial charge in [0.2, 0.25) is 0 Å². The molecule has 0 spiro atoms. The van der Waals surface area contributed by atoms with Crippen LogP contribution in [0.3, 0.4) is 0 Å². The Labute approximate surface area is 115 Å². The summed E-state index contributed by atoms with van der Waals surface area (Å²) in [4.78, 5) is 2.65. The summed E-state index contributed by atoms with van der Waals surface area (Å²) in [7, 11) is 0. The van der Waals surface area contributed by atoms with Crippen LogP contribution < -0.4 is 5.32 Å². The maximum atomic E-state index is 3.53. The number of thiophene rings is 1. The van der Waals surface area contributed by atoms with Crippen molar-refractivity contribution in [2.45, 2.75) is 45.7 Å². The van der Waals surface area contributed by atoms with E-state index in [1.54, 1.807) is 11.3 Å². The normalized spacial score (nSPS) is 22.6. The van der Waals surface area contributed by atoms with Crippen LogP contribution in [0.4, 0.5) is 0 Å². The first-order valence-corrected chi connectivity index (χ1v) is 8.11. The molecule has 102 valence electrons. The van der Waals surface area contributed by atoms with Crippen LogP contribution in [-0.4, -0.2) is 30.6 Å². The fourth-order valence-corrected chi connectivity index (χ4v) is 3.65. The summed E-state index contributed by atoms with van der Waals surface area (Å²) < 4.78 is 0. The van der Waals surface area contributed by atoms with E-state index in [4.69, 9.17) is 0 Å². The Morgan fingerprint density at radius 1 is 1.44 bits per heavy atom. The summed E-state index contributed by atoms with van der Waals surface area (Å²) in [6, 6.07) is 3.42. The van der Waals surface area contributed by atoms with Gasteiger partial charge in [-0.2, -0.15) is 11.3 Å². The third-order valence-electron chi connectivity index (χ3n) is 4.05. The number of hydrogen-bond donors (Lipinski definition) is 1. The number of nitrogens with zero attached hydrogens (tertiary/aromatic N) is 1. The number of piperidine rings is 1. The van der Waals surface area contributed by atoms with Crippen molar-refractivity contribution in [3.63, 3.8) is 0 Å². The Morgan fingerprint density at radius 2 is 2.28 bits per heavy atom. The van der Waals surface area contributed by atoms with Crippen molar-refractivity contribution < 1.29 is 0 Å². The second-order valence-electron chi connectivity index (χ2n) is 5.74. The lowest BCUT2D eigenvalue weighted by Gasteiger charge is -2.36. The third kappa shape index (κ3) is 3.56. The minimum absolute atomic E-state index is 0.540. The summed E-state index contributed by atoms with van der Waals surface area (Å²) in [5.74, 6) is 0.822. The molecule has 1 aromatic heterocycles. The van der Waals surface area contributed by atoms with E-state index in [1.165, 1.54) is 38.0 Å². The average Bonchev–Trinajstić information content (AvgIpc) is 2.90. The first kappa shape index (κ1) is 14.0. The Balaban J connectivity index is 1.98. The highest BCUT2D eigenvalue weighted by molar-refractivity contribution is 7.07. The zero-order valence-electron chi connectivity index (χ0n) is 11.9. The van der Waals surface area contributed by atoms with Crippen LogP contribution in [0.5, 0.6) is 0 Å². The van der Waals surface area contributed by atoms with Crippen molar-refractivity contribution in [2.24, 2.45) is 5.92 Å². The quantitative estimate of drug-likeness (QED) is 0.877. The van der Waals surface area contributed by atoms with Gasteiger partial charge in [-0.1, -0.05) is 0 Å². The second kappa shape index (κ2) is 6.69. The zero-order valence-corrected chi connectivity index (χ0v) is 12.7. The molecule has 1 aliphatic rings. The topological polar surface area (TPSA) is 15.3 Å². The largest absolute Gasteiger partial charge is 0.316 e. The van der Waals surface area contributed by atoms with Crippen LogP contribution in [0.2, 0.25) is 0 Å². The van der Waals surface area contributed by atoms with Crippen molar-refractivity contribution in [2.75, 3.05) is 19.6 Å². The average molecular weight is 266 g/mol. The SMILES string of the molecule is CC(C)N(CC1CCCNC1)C(C)c1ccsc1. The molecule has 0 radical (unpaired) electrons. The minimum atomic E-state index is 0.540. The maximum Gasteiger partial charge on any atom is 0.0330 e. The molecule has 1 aromatic rings. The lowest BCUT2D eigenvalue weighted by Crippen LogP contribution is -2.42. The molecular weight excluding hydrogens is 240 g/mol. The van der Waals surface area contributed by atoms with Gasteiger partial charge in [-0.25, -0.2) is 0 Å². The Kier molecular flexibility index (Phi) is 5.22. The fraction of sp³-hybridized carbons (Fsp3) is 0.733. The van der Waals surface area contributed by atoms with E-state index in [9.17, 15) is 0 Å². The van der Waals surface area contributed by atoms with E-state index < -0.39 is 0 Å². The number of hydrogen-bond acceptors (Lipinski definition) is 3. The Hall–Kier alpha value is -0.380. The molecule has 0 amide bonds. The van der Waals surface area contributed by atoms with Gasteiger partial charge in [0.25, 0.3) is 0 Å². The minimum Gasteiger partial charge on any atom is -0.316 e. The highest BCUT2D eigenvalue weighted by atomic mass is 32.1. The van der Waals surface area contributed by atoms with Crippen molar-refractivity contribution in [1.29, 1.82) is 0 Å². The predicted molar refractivity (Wildman–Crippen MR) is 80.2 cm³/mol. The molecule has 0 aliphatic carbocycles. The molecule has 1 N–H and O–H groups in total. The lowest BCUT2D eigenvalue weighted by atomic mass is 9.97. The van der Waals surface area contributed by atoms with Gasteiger partial charge < -0.3 is 5.32 Å². The van der Waals surface area contributed by atoms with Crippen LogP contribution in [-0.2, 0) is 0 Å². The maximum absolute atomic E-state index is 3.53. The predicted octanol–water partition coefficient (Wildman–Crippen LogP) is 3.52. The van der Waals surface area contributed by atoms with Gasteiger partial charge in [0, 0.05) is 18.6 Å². The molecule has 2 unspecified atom stereocenters. The molecule has 1 saturated heterocycles. The fourth-order valence-electron chi connectivity index (χ4n) is 2.90. The standard InChI is InChI=1S/C15H26N2S/c1-12(2)17(10-14-5-4-7-16-9-14)13(3)15-6-8-18-11-15/h6,8,11-14,16H,4-5,7,9-10H2,1-3H3. The Bertz CT molecular complexity index is 328. The van der Waals surface area contributed by atoms with Crippen LogP contribution in [0.25, 0.3) is 0 Å². The molecule has 1 aliphatic heterocycles. The van der Waals surface area contributed by atoms with Crippen molar-refractivity contribution in [3.05, 3.63) is 22.4 Å². The van der Waals surface area contributed by atoms with Crippen LogP contribution >= 0.6 is 11.3 Å². The number of nitrogens with one attached hydrogen (secondary N) is 1. The van der Waals surface area contributed by atoms with Gasteiger partial charge in [0.15, 0.2) is 0 Å². The molecular formula is C15H26N2S. The van der Waals surface area contributed by atoms with Crippen molar-refractivity contribution in [3.8, 4) is 0 Å². The zero-order chi connectivity index (χ0) is 13.0. The van der Waals surface area contributed by atoms with Gasteiger partial charge in [-0.05, 0) is 75.0 Å². The molecule has 18 heavy (non-hydrogen) atoms. The molecule has 0 saturated carbocycles. The number of rotatable bonds is 5. The van der Waals surface area contributed by atoms with Gasteiger partial charge in [-0.15, -0.1) is 0 Å². The summed E-state index contributed by atoms with van der Waals surface area (Å²) in [5.41, 5.74) is 1.47. The third-order valence-corrected chi connectivity index (χ3v) is 4.76. The molecule has 0 aromatic carbocycles. The second-order valence-corrected chi connectivity index (χ2v) is 6.52. The van der Waals surface area contributed by atoms with Gasteiger partial charge >= 0.3 is 0 Å². The van der Waals surface area contributed by atoms with E-state index in [2.05, 4.69) is 47.8 Å². The molecule has 1 fully saturated rings. The lowest BCUT2D eigenvalue weighted by molar-refractivity contribution is 0.127. The first-order valence-electron chi connectivity index (χ1n) is 7.17. The summed E-state index contributed by atoms with van der Waals surface area (Å²) in [6.07, 6.45) is 2.72. The first-order chi connectivity index (χ1) is 8.68. The molecule has 0 bridgehead atoms. The van der Waals surface area contributed by atoms with Gasteiger partial charge in [-0.3, -0.25) is 4.90 Å². The monoisotopic (exact) mass is 266 g/mol. The van der Waals surface area contributed by atoms with Crippen molar-refractivity contribution >= 4 is 11.3 Å². The summed E-state index contributed by atoms with van der Waals surface area (Å²) in [5, 5.41) is 8.01. The highest BCUT2D eigenvalue weighted by Gasteiger charge is 2.23. The summed E-state index contributed by atoms with van der Waals surface area (Å²) in [6.45, 7) is 10.6. The van der Waals surface area contributed by atoms with E-state index in [1.807, 2.05) is 0 Å². The van der Waals surface area contributed by atoms with Crippen LogP contribution in [0, 0.1) is 5.92 Å². The molecule has 2 atom stereocenters. The Morgan fingerprint density at radius 3 is 2.83 bits per heavy atom. The van der Waals surface area contributed by atoms with Crippen LogP contribution in [0.15, 0.2) is 16.8 Å². The van der Waals surface area contributed by atoms with E-state index >= 15 is 0 Å². The van der Waals surface area contributed by atoms with E-state index in [0.717, 1.165) is 5.92 Å². The van der Waals surface area contributed by atoms with Crippen LogP contribution in [0.1, 0.15) is 45.2 Å². The molecule has 2 rings (SSSR count). The van der Waals surface area contributed by atoms with E-state index in [-0.39, 0.29) is 0 Å². The van der Waals surface area contributed by atoms with Gasteiger partial charge in [0.1, 0.15) is 0 Å². The van der Waals surface area contributed by atoms with Gasteiger partial charge in [0.05, 0.1) is 0 Å².